The van der Waals surface area contributed by atoms with Crippen LogP contribution in [0.15, 0.2) is 6.07 Å². The van der Waals surface area contributed by atoms with Crippen molar-refractivity contribution in [3.8, 4) is 6.07 Å². The number of amides is 1. The fraction of sp³-hybridized carbons (Fsp3) is 0.385. The Morgan fingerprint density at radius 3 is 2.53 bits per heavy atom. The van der Waals surface area contributed by atoms with Gasteiger partial charge in [-0.1, -0.05) is 13.8 Å². The van der Waals surface area contributed by atoms with Gasteiger partial charge >= 0.3 is 0 Å². The largest absolute Gasteiger partial charge is 0.318 e. The first-order chi connectivity index (χ1) is 8.88. The van der Waals surface area contributed by atoms with Crippen molar-refractivity contribution in [2.75, 3.05) is 6.54 Å². The normalized spacial score (nSPS) is 17.8. The molecule has 1 aliphatic heterocycles. The van der Waals surface area contributed by atoms with Crippen LogP contribution in [0.2, 0.25) is 0 Å². The number of nitriles is 1. The van der Waals surface area contributed by atoms with Crippen LogP contribution in [-0.4, -0.2) is 17.4 Å². The third-order valence-electron chi connectivity index (χ3n) is 2.96. The average molecular weight is 268 g/mol. The summed E-state index contributed by atoms with van der Waals surface area (Å²) in [6.45, 7) is 3.86. The van der Waals surface area contributed by atoms with Gasteiger partial charge in [-0.25, -0.2) is 13.2 Å². The van der Waals surface area contributed by atoms with Crippen molar-refractivity contribution in [2.24, 2.45) is 5.92 Å². The first-order valence-electron chi connectivity index (χ1n) is 5.76. The molecule has 1 aromatic carbocycles. The molecular weight excluding hydrogens is 257 g/mol. The number of nitrogens with zero attached hydrogens (tertiary/aromatic N) is 2. The van der Waals surface area contributed by atoms with E-state index in [0.29, 0.717) is 0 Å². The van der Waals surface area contributed by atoms with E-state index in [1.165, 1.54) is 0 Å². The van der Waals surface area contributed by atoms with Gasteiger partial charge in [0.15, 0.2) is 17.5 Å². The minimum absolute atomic E-state index is 0.0480. The zero-order valence-corrected chi connectivity index (χ0v) is 10.4. The standard InChI is InChI=1S/C13H11F3N2O/c1-6(2)5-18-9(4-17)7-3-8(14)11(15)12(16)10(7)13(18)19/h3,6,9H,5H2,1-2H3. The van der Waals surface area contributed by atoms with Crippen LogP contribution in [0.4, 0.5) is 13.2 Å². The van der Waals surface area contributed by atoms with Crippen molar-refractivity contribution in [3.05, 3.63) is 34.6 Å². The molecule has 1 unspecified atom stereocenters. The highest BCUT2D eigenvalue weighted by Crippen LogP contribution is 2.36. The monoisotopic (exact) mass is 268 g/mol. The van der Waals surface area contributed by atoms with Crippen LogP contribution in [0, 0.1) is 34.7 Å². The first-order valence-corrected chi connectivity index (χ1v) is 5.76. The van der Waals surface area contributed by atoms with E-state index < -0.39 is 35.0 Å². The van der Waals surface area contributed by atoms with Gasteiger partial charge in [-0.3, -0.25) is 4.79 Å². The predicted octanol–water partition coefficient (Wildman–Crippen LogP) is 2.78. The molecule has 100 valence electrons. The summed E-state index contributed by atoms with van der Waals surface area (Å²) in [6, 6.07) is 1.48. The van der Waals surface area contributed by atoms with E-state index in [0.717, 1.165) is 11.0 Å². The second-order valence-electron chi connectivity index (χ2n) is 4.83. The molecule has 0 radical (unpaired) electrons. The maximum Gasteiger partial charge on any atom is 0.258 e. The fourth-order valence-electron chi connectivity index (χ4n) is 2.20. The van der Waals surface area contributed by atoms with Crippen LogP contribution < -0.4 is 0 Å². The molecule has 1 heterocycles. The summed E-state index contributed by atoms with van der Waals surface area (Å²) in [5.41, 5.74) is -0.643. The van der Waals surface area contributed by atoms with Gasteiger partial charge in [0.1, 0.15) is 6.04 Å². The minimum atomic E-state index is -1.69. The van der Waals surface area contributed by atoms with E-state index in [1.807, 2.05) is 19.9 Å². The third kappa shape index (κ3) is 1.95. The lowest BCUT2D eigenvalue weighted by Crippen LogP contribution is -2.31. The quantitative estimate of drug-likeness (QED) is 0.774. The molecule has 0 bridgehead atoms. The molecule has 1 aromatic rings. The maximum absolute atomic E-state index is 13.7. The number of carbonyl (C=O) groups excluding carboxylic acids is 1. The van der Waals surface area contributed by atoms with Gasteiger partial charge < -0.3 is 4.90 Å². The van der Waals surface area contributed by atoms with Gasteiger partial charge in [0.05, 0.1) is 11.6 Å². The van der Waals surface area contributed by atoms with E-state index in [2.05, 4.69) is 0 Å². The fourth-order valence-corrected chi connectivity index (χ4v) is 2.20. The zero-order chi connectivity index (χ0) is 14.3. The number of fused-ring (bicyclic) bond motifs is 1. The van der Waals surface area contributed by atoms with E-state index in [4.69, 9.17) is 5.26 Å². The molecule has 0 aromatic heterocycles. The molecule has 0 spiro atoms. The Morgan fingerprint density at radius 1 is 1.37 bits per heavy atom. The number of rotatable bonds is 2. The van der Waals surface area contributed by atoms with Crippen LogP contribution in [0.1, 0.15) is 35.8 Å². The topological polar surface area (TPSA) is 44.1 Å². The Morgan fingerprint density at radius 2 is 2.00 bits per heavy atom. The van der Waals surface area contributed by atoms with Gasteiger partial charge in [-0.15, -0.1) is 0 Å². The van der Waals surface area contributed by atoms with Crippen LogP contribution in [0.25, 0.3) is 0 Å². The van der Waals surface area contributed by atoms with Gasteiger partial charge in [-0.05, 0) is 12.0 Å². The molecule has 3 nitrogen and oxygen atoms in total. The molecular formula is C13H11F3N2O. The average Bonchev–Trinajstić information content (AvgIpc) is 2.59. The van der Waals surface area contributed by atoms with Crippen molar-refractivity contribution in [3.63, 3.8) is 0 Å². The zero-order valence-electron chi connectivity index (χ0n) is 10.4. The molecule has 0 saturated heterocycles. The Bertz CT molecular complexity index is 593. The molecule has 2 rings (SSSR count). The number of carbonyl (C=O) groups is 1. The van der Waals surface area contributed by atoms with Crippen molar-refractivity contribution in [1.29, 1.82) is 5.26 Å². The molecule has 0 fully saturated rings. The summed E-state index contributed by atoms with van der Waals surface area (Å²) in [6.07, 6.45) is 0. The summed E-state index contributed by atoms with van der Waals surface area (Å²) >= 11 is 0. The Balaban J connectivity index is 2.60. The number of hydrogen-bond acceptors (Lipinski definition) is 2. The smallest absolute Gasteiger partial charge is 0.258 e. The number of halogens is 3. The lowest BCUT2D eigenvalue weighted by atomic mass is 10.0. The molecule has 0 N–H and O–H groups in total. The highest BCUT2D eigenvalue weighted by Gasteiger charge is 2.41. The highest BCUT2D eigenvalue weighted by molar-refractivity contribution is 6.00. The summed E-state index contributed by atoms with van der Waals surface area (Å²) in [4.78, 5) is 13.2. The lowest BCUT2D eigenvalue weighted by Gasteiger charge is -2.21. The second-order valence-corrected chi connectivity index (χ2v) is 4.83. The van der Waals surface area contributed by atoms with Gasteiger partial charge in [0.2, 0.25) is 0 Å². The van der Waals surface area contributed by atoms with Crippen molar-refractivity contribution in [1.82, 2.24) is 4.90 Å². The number of hydrogen-bond donors (Lipinski definition) is 0. The molecule has 0 aliphatic carbocycles. The predicted molar refractivity (Wildman–Crippen MR) is 60.5 cm³/mol. The molecule has 6 heteroatoms. The molecule has 1 aliphatic rings. The molecule has 1 amide bonds. The summed E-state index contributed by atoms with van der Waals surface area (Å²) in [7, 11) is 0. The van der Waals surface area contributed by atoms with E-state index >= 15 is 0 Å². The van der Waals surface area contributed by atoms with Crippen molar-refractivity contribution >= 4 is 5.91 Å². The van der Waals surface area contributed by atoms with E-state index in [-0.39, 0.29) is 18.0 Å². The third-order valence-corrected chi connectivity index (χ3v) is 2.96. The minimum Gasteiger partial charge on any atom is -0.318 e. The summed E-state index contributed by atoms with van der Waals surface area (Å²) < 4.78 is 40.0. The Kier molecular flexibility index (Phi) is 3.23. The summed E-state index contributed by atoms with van der Waals surface area (Å²) in [5, 5.41) is 9.08. The van der Waals surface area contributed by atoms with Crippen LogP contribution in [0.5, 0.6) is 0 Å². The second kappa shape index (κ2) is 4.57. The molecule has 1 atom stereocenters. The number of benzene rings is 1. The highest BCUT2D eigenvalue weighted by atomic mass is 19.2. The molecule has 19 heavy (non-hydrogen) atoms. The lowest BCUT2D eigenvalue weighted by molar-refractivity contribution is 0.0733. The van der Waals surface area contributed by atoms with Gasteiger partial charge in [0, 0.05) is 12.1 Å². The van der Waals surface area contributed by atoms with Crippen LogP contribution in [-0.2, 0) is 0 Å². The van der Waals surface area contributed by atoms with E-state index in [9.17, 15) is 18.0 Å². The Hall–Kier alpha value is -2.03. The summed E-state index contributed by atoms with van der Waals surface area (Å²) in [5.74, 6) is -5.32. The Labute approximate surface area is 108 Å². The molecule has 0 saturated carbocycles. The maximum atomic E-state index is 13.7. The van der Waals surface area contributed by atoms with Crippen molar-refractivity contribution < 1.29 is 18.0 Å². The van der Waals surface area contributed by atoms with Crippen LogP contribution in [0.3, 0.4) is 0 Å². The van der Waals surface area contributed by atoms with E-state index in [1.54, 1.807) is 0 Å². The van der Waals surface area contributed by atoms with Crippen LogP contribution >= 0.6 is 0 Å². The first kappa shape index (κ1) is 13.4. The van der Waals surface area contributed by atoms with Gasteiger partial charge in [-0.2, -0.15) is 5.26 Å². The van der Waals surface area contributed by atoms with Gasteiger partial charge in [0.25, 0.3) is 5.91 Å². The van der Waals surface area contributed by atoms with Crippen molar-refractivity contribution in [2.45, 2.75) is 19.9 Å². The SMILES string of the molecule is CC(C)CN1C(=O)c2c(cc(F)c(F)c2F)C1C#N.